The molecule has 0 radical (unpaired) electrons. The molecule has 0 fully saturated rings. The van der Waals surface area contributed by atoms with Gasteiger partial charge in [-0.25, -0.2) is 0 Å². The van der Waals surface area contributed by atoms with E-state index in [1.165, 1.54) is 7.11 Å². The third-order valence-corrected chi connectivity index (χ3v) is 3.14. The first-order valence-electron chi connectivity index (χ1n) is 6.19. The Kier molecular flexibility index (Phi) is 3.81. The van der Waals surface area contributed by atoms with Crippen LogP contribution in [0.3, 0.4) is 0 Å². The maximum Gasteiger partial charge on any atom is 0.325 e. The van der Waals surface area contributed by atoms with Crippen LogP contribution in [-0.4, -0.2) is 23.6 Å². The zero-order valence-electron chi connectivity index (χ0n) is 11.4. The molecule has 1 N–H and O–H groups in total. The molecule has 4 heteroatoms. The normalized spacial score (nSPS) is 11.5. The average molecular weight is 258 g/mol. The van der Waals surface area contributed by atoms with Crippen LogP contribution in [0.15, 0.2) is 36.7 Å². The number of ether oxygens (including phenoxy) is 1. The van der Waals surface area contributed by atoms with E-state index < -0.39 is 5.54 Å². The van der Waals surface area contributed by atoms with Crippen LogP contribution in [0.2, 0.25) is 0 Å². The Hall–Kier alpha value is -1.94. The molecule has 0 atom stereocenters. The van der Waals surface area contributed by atoms with Gasteiger partial charge in [-0.3, -0.25) is 15.1 Å². The second-order valence-electron chi connectivity index (χ2n) is 5.03. The van der Waals surface area contributed by atoms with Gasteiger partial charge in [-0.1, -0.05) is 12.1 Å². The zero-order valence-corrected chi connectivity index (χ0v) is 11.4. The van der Waals surface area contributed by atoms with E-state index in [1.54, 1.807) is 6.20 Å². The first-order valence-corrected chi connectivity index (χ1v) is 6.19. The van der Waals surface area contributed by atoms with Gasteiger partial charge in [-0.2, -0.15) is 0 Å². The monoisotopic (exact) mass is 258 g/mol. The smallest absolute Gasteiger partial charge is 0.325 e. The molecule has 0 bridgehead atoms. The van der Waals surface area contributed by atoms with Crippen molar-refractivity contribution in [3.63, 3.8) is 0 Å². The number of benzene rings is 1. The molecular formula is C15H18N2O2. The lowest BCUT2D eigenvalue weighted by atomic mass is 10.0. The molecule has 19 heavy (non-hydrogen) atoms. The van der Waals surface area contributed by atoms with Crippen LogP contribution < -0.4 is 5.32 Å². The summed E-state index contributed by atoms with van der Waals surface area (Å²) in [5.74, 6) is -0.266. The number of hydrogen-bond donors (Lipinski definition) is 1. The molecule has 4 nitrogen and oxygen atoms in total. The summed E-state index contributed by atoms with van der Waals surface area (Å²) in [6, 6.07) is 8.14. The molecule has 100 valence electrons. The number of esters is 1. The molecule has 0 amide bonds. The maximum atomic E-state index is 11.6. The summed E-state index contributed by atoms with van der Waals surface area (Å²) in [5, 5.41) is 5.45. The van der Waals surface area contributed by atoms with Gasteiger partial charge in [0, 0.05) is 24.3 Å². The Morgan fingerprint density at radius 2 is 2.11 bits per heavy atom. The van der Waals surface area contributed by atoms with Gasteiger partial charge >= 0.3 is 5.97 Å². The van der Waals surface area contributed by atoms with Crippen LogP contribution in [0.25, 0.3) is 10.8 Å². The van der Waals surface area contributed by atoms with Crippen LogP contribution in [0.5, 0.6) is 0 Å². The SMILES string of the molecule is COC(=O)C(C)(C)NCc1ccc2cnccc2c1. The van der Waals surface area contributed by atoms with Gasteiger partial charge < -0.3 is 4.74 Å². The Labute approximate surface area is 112 Å². The molecular weight excluding hydrogens is 240 g/mol. The number of rotatable bonds is 4. The summed E-state index contributed by atoms with van der Waals surface area (Å²) in [5.41, 5.74) is 0.428. The van der Waals surface area contributed by atoms with Crippen molar-refractivity contribution < 1.29 is 9.53 Å². The Bertz CT molecular complexity index is 593. The summed E-state index contributed by atoms with van der Waals surface area (Å²) in [7, 11) is 1.40. The number of pyridine rings is 1. The number of carbonyl (C=O) groups excluding carboxylic acids is 1. The minimum Gasteiger partial charge on any atom is -0.468 e. The van der Waals surface area contributed by atoms with Crippen molar-refractivity contribution in [3.05, 3.63) is 42.2 Å². The Balaban J connectivity index is 2.12. The number of aromatic nitrogens is 1. The summed E-state index contributed by atoms with van der Waals surface area (Å²) >= 11 is 0. The lowest BCUT2D eigenvalue weighted by molar-refractivity contribution is -0.147. The van der Waals surface area contributed by atoms with Crippen LogP contribution in [0.4, 0.5) is 0 Å². The summed E-state index contributed by atoms with van der Waals surface area (Å²) < 4.78 is 4.76. The van der Waals surface area contributed by atoms with Gasteiger partial charge in [0.25, 0.3) is 0 Å². The Morgan fingerprint density at radius 3 is 2.84 bits per heavy atom. The zero-order chi connectivity index (χ0) is 13.9. The summed E-state index contributed by atoms with van der Waals surface area (Å²) in [6.45, 7) is 4.23. The van der Waals surface area contributed by atoms with Crippen LogP contribution in [0, 0.1) is 0 Å². The van der Waals surface area contributed by atoms with Gasteiger partial charge in [-0.15, -0.1) is 0 Å². The van der Waals surface area contributed by atoms with Crippen molar-refractivity contribution in [2.45, 2.75) is 25.9 Å². The predicted octanol–water partition coefficient (Wildman–Crippen LogP) is 2.28. The van der Waals surface area contributed by atoms with E-state index in [1.807, 2.05) is 38.2 Å². The fourth-order valence-electron chi connectivity index (χ4n) is 1.89. The van der Waals surface area contributed by atoms with E-state index in [0.717, 1.165) is 16.3 Å². The van der Waals surface area contributed by atoms with E-state index in [4.69, 9.17) is 4.74 Å². The van der Waals surface area contributed by atoms with Gasteiger partial charge in [0.15, 0.2) is 0 Å². The predicted molar refractivity (Wildman–Crippen MR) is 74.7 cm³/mol. The number of methoxy groups -OCH3 is 1. The highest BCUT2D eigenvalue weighted by atomic mass is 16.5. The lowest BCUT2D eigenvalue weighted by Gasteiger charge is -2.23. The third kappa shape index (κ3) is 3.09. The van der Waals surface area contributed by atoms with Gasteiger partial charge in [-0.05, 0) is 36.9 Å². The fourth-order valence-corrected chi connectivity index (χ4v) is 1.89. The lowest BCUT2D eigenvalue weighted by Crippen LogP contribution is -2.46. The molecule has 0 aliphatic carbocycles. The fraction of sp³-hybridized carbons (Fsp3) is 0.333. The van der Waals surface area contributed by atoms with Crippen molar-refractivity contribution in [1.82, 2.24) is 10.3 Å². The van der Waals surface area contributed by atoms with Crippen LogP contribution >= 0.6 is 0 Å². The number of nitrogens with one attached hydrogen (secondary N) is 1. The van der Waals surface area contributed by atoms with E-state index in [9.17, 15) is 4.79 Å². The highest BCUT2D eigenvalue weighted by Crippen LogP contribution is 2.15. The van der Waals surface area contributed by atoms with Crippen LogP contribution in [-0.2, 0) is 16.1 Å². The summed E-state index contributed by atoms with van der Waals surface area (Å²) in [4.78, 5) is 15.7. The van der Waals surface area contributed by atoms with Crippen molar-refractivity contribution in [2.75, 3.05) is 7.11 Å². The third-order valence-electron chi connectivity index (χ3n) is 3.14. The van der Waals surface area contributed by atoms with Gasteiger partial charge in [0.05, 0.1) is 7.11 Å². The molecule has 0 saturated carbocycles. The molecule has 0 spiro atoms. The van der Waals surface area contributed by atoms with Gasteiger partial charge in [0.2, 0.25) is 0 Å². The quantitative estimate of drug-likeness (QED) is 0.855. The first kappa shape index (κ1) is 13.5. The standard InChI is InChI=1S/C15H18N2O2/c1-15(2,14(18)19-3)17-9-11-4-5-13-10-16-7-6-12(13)8-11/h4-8,10,17H,9H2,1-3H3. The average Bonchev–Trinajstić information content (AvgIpc) is 2.44. The van der Waals surface area contributed by atoms with Crippen molar-refractivity contribution in [2.24, 2.45) is 0 Å². The molecule has 2 aromatic rings. The highest BCUT2D eigenvalue weighted by molar-refractivity contribution is 5.82. The number of carbonyl (C=O) groups is 1. The maximum absolute atomic E-state index is 11.6. The van der Waals surface area contributed by atoms with Gasteiger partial charge in [0.1, 0.15) is 5.54 Å². The second-order valence-corrected chi connectivity index (χ2v) is 5.03. The van der Waals surface area contributed by atoms with Crippen molar-refractivity contribution in [3.8, 4) is 0 Å². The van der Waals surface area contributed by atoms with E-state index >= 15 is 0 Å². The summed E-state index contributed by atoms with van der Waals surface area (Å²) in [6.07, 6.45) is 3.61. The number of nitrogens with zero attached hydrogens (tertiary/aromatic N) is 1. The molecule has 1 aromatic heterocycles. The first-order chi connectivity index (χ1) is 9.03. The number of fused-ring (bicyclic) bond motifs is 1. The second kappa shape index (κ2) is 5.36. The largest absolute Gasteiger partial charge is 0.468 e. The van der Waals surface area contributed by atoms with E-state index in [2.05, 4.69) is 16.4 Å². The number of hydrogen-bond acceptors (Lipinski definition) is 4. The van der Waals surface area contributed by atoms with Crippen molar-refractivity contribution in [1.29, 1.82) is 0 Å². The topological polar surface area (TPSA) is 51.2 Å². The molecule has 0 aliphatic heterocycles. The minimum atomic E-state index is -0.693. The van der Waals surface area contributed by atoms with Crippen molar-refractivity contribution >= 4 is 16.7 Å². The molecule has 1 heterocycles. The van der Waals surface area contributed by atoms with E-state index in [0.29, 0.717) is 6.54 Å². The molecule has 0 aliphatic rings. The molecule has 1 aromatic carbocycles. The highest BCUT2D eigenvalue weighted by Gasteiger charge is 2.27. The Morgan fingerprint density at radius 1 is 1.32 bits per heavy atom. The molecule has 0 unspecified atom stereocenters. The van der Waals surface area contributed by atoms with E-state index in [-0.39, 0.29) is 5.97 Å². The molecule has 2 rings (SSSR count). The van der Waals surface area contributed by atoms with Crippen LogP contribution in [0.1, 0.15) is 19.4 Å². The minimum absolute atomic E-state index is 0.266. The molecule has 0 saturated heterocycles.